The number of benzene rings is 1. The first-order valence-corrected chi connectivity index (χ1v) is 3.89. The van der Waals surface area contributed by atoms with E-state index < -0.39 is 18.6 Å². The molecule has 1 atom stereocenters. The fourth-order valence-electron chi connectivity index (χ4n) is 0.921. The molecule has 78 valence electrons. The SMILES string of the molecule is N.O=C(O)C(CO)Nc1ccccc1. The van der Waals surface area contributed by atoms with Crippen molar-refractivity contribution in [2.45, 2.75) is 6.04 Å². The largest absolute Gasteiger partial charge is 0.480 e. The first kappa shape index (κ1) is 12.4. The van der Waals surface area contributed by atoms with Gasteiger partial charge in [0.05, 0.1) is 6.61 Å². The molecule has 0 heterocycles. The van der Waals surface area contributed by atoms with Gasteiger partial charge < -0.3 is 21.7 Å². The lowest BCUT2D eigenvalue weighted by Crippen LogP contribution is -2.32. The predicted octanol–water partition coefficient (Wildman–Crippen LogP) is 0.706. The van der Waals surface area contributed by atoms with Crippen molar-refractivity contribution in [2.75, 3.05) is 11.9 Å². The van der Waals surface area contributed by atoms with Gasteiger partial charge in [0.25, 0.3) is 0 Å². The molecule has 0 bridgehead atoms. The second-order valence-corrected chi connectivity index (χ2v) is 2.58. The highest BCUT2D eigenvalue weighted by atomic mass is 16.4. The molecule has 0 aliphatic rings. The van der Waals surface area contributed by atoms with E-state index in [0.29, 0.717) is 5.69 Å². The van der Waals surface area contributed by atoms with Crippen LogP contribution >= 0.6 is 0 Å². The third-order valence-corrected chi connectivity index (χ3v) is 1.60. The number of aliphatic hydroxyl groups excluding tert-OH is 1. The van der Waals surface area contributed by atoms with E-state index in [2.05, 4.69) is 5.32 Å². The molecule has 1 aromatic rings. The van der Waals surface area contributed by atoms with Crippen molar-refractivity contribution in [3.05, 3.63) is 30.3 Å². The van der Waals surface area contributed by atoms with Crippen LogP contribution in [0.15, 0.2) is 30.3 Å². The van der Waals surface area contributed by atoms with Gasteiger partial charge in [0.15, 0.2) is 0 Å². The van der Waals surface area contributed by atoms with Crippen LogP contribution in [0.4, 0.5) is 5.69 Å². The van der Waals surface area contributed by atoms with Gasteiger partial charge in [-0.15, -0.1) is 0 Å². The summed E-state index contributed by atoms with van der Waals surface area (Å²) in [6, 6.07) is 7.95. The minimum Gasteiger partial charge on any atom is -0.480 e. The summed E-state index contributed by atoms with van der Waals surface area (Å²) >= 11 is 0. The molecule has 14 heavy (non-hydrogen) atoms. The fourth-order valence-corrected chi connectivity index (χ4v) is 0.921. The zero-order valence-electron chi connectivity index (χ0n) is 7.68. The molecule has 5 heteroatoms. The summed E-state index contributed by atoms with van der Waals surface area (Å²) < 4.78 is 0. The summed E-state index contributed by atoms with van der Waals surface area (Å²) in [4.78, 5) is 10.5. The Balaban J connectivity index is 0.00000169. The molecule has 6 N–H and O–H groups in total. The Labute approximate surface area is 82.0 Å². The highest BCUT2D eigenvalue weighted by Crippen LogP contribution is 2.06. The van der Waals surface area contributed by atoms with E-state index in [9.17, 15) is 4.79 Å². The normalized spacial score (nSPS) is 11.2. The summed E-state index contributed by atoms with van der Waals surface area (Å²) in [5.74, 6) is -1.06. The molecular formula is C9H14N2O3. The Bertz CT molecular complexity index is 277. The number of nitrogens with one attached hydrogen (secondary N) is 1. The molecule has 0 fully saturated rings. The fraction of sp³-hybridized carbons (Fsp3) is 0.222. The van der Waals surface area contributed by atoms with Crippen molar-refractivity contribution in [3.63, 3.8) is 0 Å². The van der Waals surface area contributed by atoms with Gasteiger partial charge in [-0.1, -0.05) is 18.2 Å². The average Bonchev–Trinajstić information content (AvgIpc) is 2.15. The Hall–Kier alpha value is -1.59. The van der Waals surface area contributed by atoms with Gasteiger partial charge in [0, 0.05) is 5.69 Å². The lowest BCUT2D eigenvalue weighted by molar-refractivity contribution is -0.138. The smallest absolute Gasteiger partial charge is 0.328 e. The van der Waals surface area contributed by atoms with Crippen molar-refractivity contribution in [2.24, 2.45) is 0 Å². The monoisotopic (exact) mass is 198 g/mol. The highest BCUT2D eigenvalue weighted by Gasteiger charge is 2.14. The van der Waals surface area contributed by atoms with Gasteiger partial charge in [-0.05, 0) is 12.1 Å². The van der Waals surface area contributed by atoms with Crippen molar-refractivity contribution < 1.29 is 15.0 Å². The molecule has 1 aromatic carbocycles. The van der Waals surface area contributed by atoms with Crippen LogP contribution in [0.1, 0.15) is 0 Å². The Morgan fingerprint density at radius 1 is 1.36 bits per heavy atom. The lowest BCUT2D eigenvalue weighted by atomic mass is 10.2. The zero-order chi connectivity index (χ0) is 9.68. The van der Waals surface area contributed by atoms with Crippen LogP contribution in [0.25, 0.3) is 0 Å². The molecule has 0 aromatic heterocycles. The van der Waals surface area contributed by atoms with Crippen molar-refractivity contribution in [1.82, 2.24) is 6.15 Å². The van der Waals surface area contributed by atoms with Gasteiger partial charge in [-0.2, -0.15) is 0 Å². The van der Waals surface area contributed by atoms with E-state index in [1.807, 2.05) is 6.07 Å². The zero-order valence-corrected chi connectivity index (χ0v) is 7.68. The number of carboxylic acids is 1. The van der Waals surface area contributed by atoms with Crippen LogP contribution < -0.4 is 11.5 Å². The van der Waals surface area contributed by atoms with E-state index in [0.717, 1.165) is 0 Å². The molecule has 5 nitrogen and oxygen atoms in total. The molecule has 1 rings (SSSR count). The van der Waals surface area contributed by atoms with E-state index in [1.54, 1.807) is 24.3 Å². The van der Waals surface area contributed by atoms with Crippen LogP contribution in [-0.2, 0) is 4.79 Å². The lowest BCUT2D eigenvalue weighted by Gasteiger charge is -2.12. The van der Waals surface area contributed by atoms with Gasteiger partial charge in [-0.25, -0.2) is 4.79 Å². The van der Waals surface area contributed by atoms with E-state index in [1.165, 1.54) is 0 Å². The first-order chi connectivity index (χ1) is 6.24. The maximum Gasteiger partial charge on any atom is 0.328 e. The maximum atomic E-state index is 10.5. The molecule has 0 saturated carbocycles. The number of carboxylic acid groups (broad SMARTS) is 1. The van der Waals surface area contributed by atoms with Gasteiger partial charge in [-0.3, -0.25) is 0 Å². The van der Waals surface area contributed by atoms with Crippen molar-refractivity contribution >= 4 is 11.7 Å². The third kappa shape index (κ3) is 3.42. The molecule has 1 unspecified atom stereocenters. The number of para-hydroxylation sites is 1. The van der Waals surface area contributed by atoms with E-state index >= 15 is 0 Å². The van der Waals surface area contributed by atoms with Gasteiger partial charge in [0.2, 0.25) is 0 Å². The molecule has 0 aliphatic carbocycles. The molecule has 0 radical (unpaired) electrons. The number of aliphatic carboxylic acids is 1. The molecule has 0 aliphatic heterocycles. The van der Waals surface area contributed by atoms with Crippen LogP contribution in [0.3, 0.4) is 0 Å². The summed E-state index contributed by atoms with van der Waals surface area (Å²) in [6.07, 6.45) is 0. The Morgan fingerprint density at radius 2 is 1.93 bits per heavy atom. The standard InChI is InChI=1S/C9H11NO3.H3N/c11-6-8(9(12)13)10-7-4-2-1-3-5-7;/h1-5,8,10-11H,6H2,(H,12,13);1H3. The minimum absolute atomic E-state index is 0. The first-order valence-electron chi connectivity index (χ1n) is 3.89. The minimum atomic E-state index is -1.06. The van der Waals surface area contributed by atoms with Crippen LogP contribution in [0.2, 0.25) is 0 Å². The summed E-state index contributed by atoms with van der Waals surface area (Å²) in [5, 5.41) is 20.0. The summed E-state index contributed by atoms with van der Waals surface area (Å²) in [6.45, 7) is -0.426. The molecular weight excluding hydrogens is 184 g/mol. The average molecular weight is 198 g/mol. The van der Waals surface area contributed by atoms with Crippen molar-refractivity contribution in [3.8, 4) is 0 Å². The third-order valence-electron chi connectivity index (χ3n) is 1.60. The Kier molecular flexibility index (Phi) is 5.28. The molecule has 0 saturated heterocycles. The van der Waals surface area contributed by atoms with Crippen LogP contribution in [0, 0.1) is 0 Å². The number of hydrogen-bond donors (Lipinski definition) is 4. The number of aliphatic hydroxyl groups is 1. The number of carbonyl (C=O) groups is 1. The number of rotatable bonds is 4. The van der Waals surface area contributed by atoms with E-state index in [4.69, 9.17) is 10.2 Å². The molecule has 0 spiro atoms. The van der Waals surface area contributed by atoms with Gasteiger partial charge in [0.1, 0.15) is 6.04 Å². The second kappa shape index (κ2) is 5.95. The van der Waals surface area contributed by atoms with Gasteiger partial charge >= 0.3 is 5.97 Å². The Morgan fingerprint density at radius 3 is 2.36 bits per heavy atom. The molecule has 0 amide bonds. The maximum absolute atomic E-state index is 10.5. The number of hydrogen-bond acceptors (Lipinski definition) is 4. The summed E-state index contributed by atoms with van der Waals surface area (Å²) in [5.41, 5.74) is 0.684. The topological polar surface area (TPSA) is 105 Å². The van der Waals surface area contributed by atoms with Crippen LogP contribution in [0.5, 0.6) is 0 Å². The predicted molar refractivity (Wildman–Crippen MR) is 53.6 cm³/mol. The second-order valence-electron chi connectivity index (χ2n) is 2.58. The van der Waals surface area contributed by atoms with Crippen molar-refractivity contribution in [1.29, 1.82) is 0 Å². The number of anilines is 1. The van der Waals surface area contributed by atoms with E-state index in [-0.39, 0.29) is 6.15 Å². The van der Waals surface area contributed by atoms with Crippen LogP contribution in [-0.4, -0.2) is 28.8 Å². The summed E-state index contributed by atoms with van der Waals surface area (Å²) in [7, 11) is 0. The highest BCUT2D eigenvalue weighted by molar-refractivity contribution is 5.77. The quantitative estimate of drug-likeness (QED) is 0.570.